The number of benzene rings is 5. The number of rotatable bonds is 12. The Morgan fingerprint density at radius 2 is 1.02 bits per heavy atom. The summed E-state index contributed by atoms with van der Waals surface area (Å²) in [7, 11) is 0. The second-order valence-electron chi connectivity index (χ2n) is 11.9. The summed E-state index contributed by atoms with van der Waals surface area (Å²) in [6.07, 6.45) is 0.965. The standard InChI is InChI=1S/C39H40O6/c1-6-39(4,5)30-19-20-33-34(25-30)36(43-22-24-45-38(41)29-17-13-27(3)14-18-29)32-10-8-7-9-31(32)35(33)42-21-23-44-37(40)28-15-11-26(2)12-16-28/h7-20,25H,6,21-24H2,1-5H3. The Morgan fingerprint density at radius 1 is 0.578 bits per heavy atom. The third-order valence-corrected chi connectivity index (χ3v) is 8.29. The second-order valence-corrected chi connectivity index (χ2v) is 11.9. The van der Waals surface area contributed by atoms with Gasteiger partial charge in [0.15, 0.2) is 0 Å². The first-order valence-electron chi connectivity index (χ1n) is 15.4. The lowest BCUT2D eigenvalue weighted by atomic mass is 9.81. The van der Waals surface area contributed by atoms with Crippen LogP contribution in [-0.4, -0.2) is 38.4 Å². The van der Waals surface area contributed by atoms with Gasteiger partial charge in [0.05, 0.1) is 11.1 Å². The molecular weight excluding hydrogens is 564 g/mol. The molecule has 232 valence electrons. The molecule has 0 amide bonds. The molecular formula is C39H40O6. The summed E-state index contributed by atoms with van der Waals surface area (Å²) in [5.74, 6) is 0.642. The number of fused-ring (bicyclic) bond motifs is 2. The van der Waals surface area contributed by atoms with Crippen molar-refractivity contribution in [3.63, 3.8) is 0 Å². The molecule has 0 radical (unpaired) electrons. The monoisotopic (exact) mass is 604 g/mol. The molecule has 0 unspecified atom stereocenters. The molecule has 0 spiro atoms. The van der Waals surface area contributed by atoms with Gasteiger partial charge in [-0.15, -0.1) is 0 Å². The lowest BCUT2D eigenvalue weighted by Gasteiger charge is -2.25. The van der Waals surface area contributed by atoms with Gasteiger partial charge in [-0.05, 0) is 61.6 Å². The lowest BCUT2D eigenvalue weighted by molar-refractivity contribution is 0.0443. The molecule has 0 heterocycles. The topological polar surface area (TPSA) is 71.1 Å². The Morgan fingerprint density at radius 3 is 1.49 bits per heavy atom. The van der Waals surface area contributed by atoms with Crippen LogP contribution in [0.4, 0.5) is 0 Å². The van der Waals surface area contributed by atoms with Crippen molar-refractivity contribution in [1.82, 2.24) is 0 Å². The van der Waals surface area contributed by atoms with Gasteiger partial charge >= 0.3 is 11.9 Å². The molecule has 6 nitrogen and oxygen atoms in total. The van der Waals surface area contributed by atoms with Gasteiger partial charge in [-0.1, -0.05) is 92.6 Å². The first-order chi connectivity index (χ1) is 21.7. The molecule has 0 aliphatic rings. The average molecular weight is 605 g/mol. The molecule has 45 heavy (non-hydrogen) atoms. The first-order valence-corrected chi connectivity index (χ1v) is 15.4. The van der Waals surface area contributed by atoms with Crippen LogP contribution in [0.25, 0.3) is 21.5 Å². The fourth-order valence-corrected chi connectivity index (χ4v) is 5.14. The lowest BCUT2D eigenvalue weighted by Crippen LogP contribution is -2.16. The molecule has 5 rings (SSSR count). The minimum absolute atomic E-state index is 0.0497. The molecule has 0 aliphatic carbocycles. The average Bonchev–Trinajstić information content (AvgIpc) is 3.05. The number of hydrogen-bond donors (Lipinski definition) is 0. The van der Waals surface area contributed by atoms with Crippen molar-refractivity contribution in [3.05, 3.63) is 119 Å². The van der Waals surface area contributed by atoms with E-state index in [9.17, 15) is 9.59 Å². The zero-order valence-electron chi connectivity index (χ0n) is 26.6. The molecule has 5 aromatic carbocycles. The van der Waals surface area contributed by atoms with E-state index in [2.05, 4.69) is 39.0 Å². The largest absolute Gasteiger partial charge is 0.489 e. The SMILES string of the molecule is CCC(C)(C)c1ccc2c(OCCOC(=O)c3ccc(C)cc3)c3ccccc3c(OCCOC(=O)c3ccc(C)cc3)c2c1. The van der Waals surface area contributed by atoms with E-state index in [4.69, 9.17) is 18.9 Å². The van der Waals surface area contributed by atoms with E-state index >= 15 is 0 Å². The van der Waals surface area contributed by atoms with Crippen LogP contribution in [0, 0.1) is 13.8 Å². The maximum Gasteiger partial charge on any atom is 0.338 e. The van der Waals surface area contributed by atoms with Crippen LogP contribution in [0.15, 0.2) is 91.0 Å². The Kier molecular flexibility index (Phi) is 9.72. The number of aryl methyl sites for hydroxylation is 2. The van der Waals surface area contributed by atoms with Crippen molar-refractivity contribution >= 4 is 33.5 Å². The van der Waals surface area contributed by atoms with Gasteiger partial charge in [0.1, 0.15) is 37.9 Å². The summed E-state index contributed by atoms with van der Waals surface area (Å²) in [4.78, 5) is 25.1. The third kappa shape index (κ3) is 7.28. The smallest absolute Gasteiger partial charge is 0.338 e. The maximum atomic E-state index is 12.6. The predicted octanol–water partition coefficient (Wildman–Crippen LogP) is 8.77. The molecule has 0 N–H and O–H groups in total. The number of ether oxygens (including phenoxy) is 4. The fourth-order valence-electron chi connectivity index (χ4n) is 5.14. The molecule has 0 aromatic heterocycles. The fraction of sp³-hybridized carbons (Fsp3) is 0.282. The van der Waals surface area contributed by atoms with E-state index in [0.717, 1.165) is 39.1 Å². The van der Waals surface area contributed by atoms with E-state index in [1.165, 1.54) is 5.56 Å². The van der Waals surface area contributed by atoms with Gasteiger partial charge in [0.25, 0.3) is 0 Å². The number of carbonyl (C=O) groups is 2. The van der Waals surface area contributed by atoms with Gasteiger partial charge in [-0.2, -0.15) is 0 Å². The minimum Gasteiger partial charge on any atom is -0.489 e. The van der Waals surface area contributed by atoms with Crippen LogP contribution in [0.3, 0.4) is 0 Å². The Bertz CT molecular complexity index is 1800. The summed E-state index contributed by atoms with van der Waals surface area (Å²) in [6, 6.07) is 28.9. The van der Waals surface area contributed by atoms with Crippen molar-refractivity contribution < 1.29 is 28.5 Å². The van der Waals surface area contributed by atoms with E-state index in [1.54, 1.807) is 24.3 Å². The van der Waals surface area contributed by atoms with E-state index in [0.29, 0.717) is 22.6 Å². The quantitative estimate of drug-likeness (QED) is 0.0805. The van der Waals surface area contributed by atoms with Gasteiger partial charge < -0.3 is 18.9 Å². The number of esters is 2. The van der Waals surface area contributed by atoms with Crippen molar-refractivity contribution in [2.24, 2.45) is 0 Å². The van der Waals surface area contributed by atoms with Crippen molar-refractivity contribution in [2.75, 3.05) is 26.4 Å². The normalized spacial score (nSPS) is 11.4. The highest BCUT2D eigenvalue weighted by Gasteiger charge is 2.22. The predicted molar refractivity (Wildman–Crippen MR) is 179 cm³/mol. The zero-order chi connectivity index (χ0) is 32.0. The minimum atomic E-state index is -0.383. The maximum absolute atomic E-state index is 12.6. The summed E-state index contributed by atoms with van der Waals surface area (Å²) in [5.41, 5.74) is 4.31. The molecule has 0 fully saturated rings. The van der Waals surface area contributed by atoms with Gasteiger partial charge in [0, 0.05) is 21.5 Å². The highest BCUT2D eigenvalue weighted by atomic mass is 16.6. The van der Waals surface area contributed by atoms with Crippen LogP contribution < -0.4 is 9.47 Å². The van der Waals surface area contributed by atoms with E-state index in [1.807, 2.05) is 62.4 Å². The Balaban J connectivity index is 1.40. The molecule has 0 aliphatic heterocycles. The zero-order valence-corrected chi connectivity index (χ0v) is 26.6. The second kappa shape index (κ2) is 13.9. The summed E-state index contributed by atoms with van der Waals surface area (Å²) in [6.45, 7) is 11.2. The van der Waals surface area contributed by atoms with Gasteiger partial charge in [-0.25, -0.2) is 9.59 Å². The van der Waals surface area contributed by atoms with E-state index < -0.39 is 0 Å². The summed E-state index contributed by atoms with van der Waals surface area (Å²) in [5, 5.41) is 3.56. The van der Waals surface area contributed by atoms with Crippen LogP contribution >= 0.6 is 0 Å². The summed E-state index contributed by atoms with van der Waals surface area (Å²) >= 11 is 0. The third-order valence-electron chi connectivity index (χ3n) is 8.29. The number of hydrogen-bond acceptors (Lipinski definition) is 6. The molecule has 0 saturated heterocycles. The van der Waals surface area contributed by atoms with Gasteiger partial charge in [-0.3, -0.25) is 0 Å². The Hall–Kier alpha value is -4.84. The van der Waals surface area contributed by atoms with Crippen LogP contribution in [0.5, 0.6) is 11.5 Å². The summed E-state index contributed by atoms with van der Waals surface area (Å²) < 4.78 is 23.8. The van der Waals surface area contributed by atoms with Crippen LogP contribution in [0.2, 0.25) is 0 Å². The van der Waals surface area contributed by atoms with Crippen molar-refractivity contribution in [1.29, 1.82) is 0 Å². The van der Waals surface area contributed by atoms with Crippen molar-refractivity contribution in [3.8, 4) is 11.5 Å². The Labute approximate surface area is 264 Å². The van der Waals surface area contributed by atoms with Crippen LogP contribution in [0.1, 0.15) is 64.6 Å². The van der Waals surface area contributed by atoms with Gasteiger partial charge in [0.2, 0.25) is 0 Å². The molecule has 0 saturated carbocycles. The highest BCUT2D eigenvalue weighted by Crippen LogP contribution is 2.44. The van der Waals surface area contributed by atoms with Crippen LogP contribution in [-0.2, 0) is 14.9 Å². The molecule has 6 heteroatoms. The number of carbonyl (C=O) groups excluding carboxylic acids is 2. The molecule has 5 aromatic rings. The molecule has 0 atom stereocenters. The first kappa shape index (κ1) is 31.6. The molecule has 0 bridgehead atoms. The highest BCUT2D eigenvalue weighted by molar-refractivity contribution is 6.11. The van der Waals surface area contributed by atoms with Crippen molar-refractivity contribution in [2.45, 2.75) is 46.5 Å². The van der Waals surface area contributed by atoms with E-state index in [-0.39, 0.29) is 43.8 Å².